The van der Waals surface area contributed by atoms with E-state index < -0.39 is 0 Å². The molecule has 2 atom stereocenters. The average Bonchev–Trinajstić information content (AvgIpc) is 2.62. The number of nitrogens with zero attached hydrogens (tertiary/aromatic N) is 2. The van der Waals surface area contributed by atoms with Gasteiger partial charge in [-0.25, -0.2) is 0 Å². The molecule has 68 valence electrons. The Morgan fingerprint density at radius 1 is 1.54 bits per heavy atom. The van der Waals surface area contributed by atoms with Crippen molar-refractivity contribution in [2.75, 3.05) is 0 Å². The summed E-state index contributed by atoms with van der Waals surface area (Å²) in [6.07, 6.45) is 7.26. The molecule has 0 saturated carbocycles. The average molecular weight is 177 g/mol. The van der Waals surface area contributed by atoms with Crippen molar-refractivity contribution in [1.82, 2.24) is 10.2 Å². The third-order valence-electron chi connectivity index (χ3n) is 2.17. The van der Waals surface area contributed by atoms with Gasteiger partial charge in [-0.2, -0.15) is 0 Å². The molecular weight excluding hydrogens is 166 g/mol. The van der Waals surface area contributed by atoms with Crippen molar-refractivity contribution in [3.8, 4) is 0 Å². The van der Waals surface area contributed by atoms with Crippen LogP contribution in [-0.4, -0.2) is 16.2 Å². The molecule has 0 bridgehead atoms. The summed E-state index contributed by atoms with van der Waals surface area (Å²) in [6, 6.07) is 0.0342. The van der Waals surface area contributed by atoms with Crippen LogP contribution in [0.2, 0.25) is 0 Å². The zero-order valence-corrected chi connectivity index (χ0v) is 7.34. The second-order valence-electron chi connectivity index (χ2n) is 3.16. The Kier molecular flexibility index (Phi) is 1.98. The Morgan fingerprint density at radius 2 is 2.38 bits per heavy atom. The Morgan fingerprint density at radius 3 is 3.00 bits per heavy atom. The van der Waals surface area contributed by atoms with E-state index in [1.807, 2.05) is 18.2 Å². The molecule has 4 heteroatoms. The first-order chi connectivity index (χ1) is 6.27. The summed E-state index contributed by atoms with van der Waals surface area (Å²) in [4.78, 5) is 0. The first-order valence-corrected chi connectivity index (χ1v) is 4.19. The fourth-order valence-corrected chi connectivity index (χ4v) is 1.24. The maximum absolute atomic E-state index is 5.86. The number of hydrogen-bond acceptors (Lipinski definition) is 4. The minimum atomic E-state index is 0.0342. The van der Waals surface area contributed by atoms with Crippen LogP contribution >= 0.6 is 0 Å². The van der Waals surface area contributed by atoms with Crippen molar-refractivity contribution >= 4 is 5.57 Å². The Labute approximate surface area is 76.1 Å². The molecule has 0 spiro atoms. The van der Waals surface area contributed by atoms with Crippen LogP contribution in [0, 0.1) is 5.92 Å². The molecule has 0 aliphatic heterocycles. The van der Waals surface area contributed by atoms with Gasteiger partial charge >= 0.3 is 0 Å². The summed E-state index contributed by atoms with van der Waals surface area (Å²) in [5.41, 5.74) is 6.76. The molecule has 1 heterocycles. The number of hydrogen-bond donors (Lipinski definition) is 1. The predicted molar refractivity (Wildman–Crippen MR) is 48.6 cm³/mol. The van der Waals surface area contributed by atoms with Gasteiger partial charge in [-0.1, -0.05) is 25.2 Å². The van der Waals surface area contributed by atoms with Crippen LogP contribution in [-0.2, 0) is 0 Å². The van der Waals surface area contributed by atoms with E-state index in [-0.39, 0.29) is 6.04 Å². The molecule has 0 saturated heterocycles. The molecule has 2 unspecified atom stereocenters. The molecule has 2 rings (SSSR count). The van der Waals surface area contributed by atoms with Crippen LogP contribution in [0.25, 0.3) is 5.57 Å². The Bertz CT molecular complexity index is 340. The summed E-state index contributed by atoms with van der Waals surface area (Å²) in [5.74, 6) is 0.894. The topological polar surface area (TPSA) is 64.9 Å². The van der Waals surface area contributed by atoms with Crippen molar-refractivity contribution in [3.05, 3.63) is 30.5 Å². The van der Waals surface area contributed by atoms with E-state index in [0.717, 1.165) is 5.57 Å². The molecule has 0 aromatic carbocycles. The second kappa shape index (κ2) is 3.14. The van der Waals surface area contributed by atoms with Crippen molar-refractivity contribution < 1.29 is 4.42 Å². The maximum Gasteiger partial charge on any atom is 0.247 e. The van der Waals surface area contributed by atoms with Crippen LogP contribution in [0.4, 0.5) is 0 Å². The smallest absolute Gasteiger partial charge is 0.247 e. The summed E-state index contributed by atoms with van der Waals surface area (Å²) in [5, 5.41) is 7.42. The summed E-state index contributed by atoms with van der Waals surface area (Å²) in [6.45, 7) is 2.07. The molecule has 13 heavy (non-hydrogen) atoms. The number of aromatic nitrogens is 2. The summed E-state index contributed by atoms with van der Waals surface area (Å²) >= 11 is 0. The van der Waals surface area contributed by atoms with Gasteiger partial charge in [0.15, 0.2) is 0 Å². The lowest BCUT2D eigenvalue weighted by atomic mass is 9.94. The summed E-state index contributed by atoms with van der Waals surface area (Å²) < 4.78 is 5.06. The summed E-state index contributed by atoms with van der Waals surface area (Å²) in [7, 11) is 0. The number of rotatable bonds is 1. The van der Waals surface area contributed by atoms with Crippen molar-refractivity contribution in [2.45, 2.75) is 13.0 Å². The predicted octanol–water partition coefficient (Wildman–Crippen LogP) is 0.986. The van der Waals surface area contributed by atoms with E-state index in [1.165, 1.54) is 6.39 Å². The third-order valence-corrected chi connectivity index (χ3v) is 2.17. The van der Waals surface area contributed by atoms with Crippen LogP contribution in [0.1, 0.15) is 12.8 Å². The van der Waals surface area contributed by atoms with Gasteiger partial charge in [0.25, 0.3) is 0 Å². The van der Waals surface area contributed by atoms with E-state index in [0.29, 0.717) is 11.8 Å². The quantitative estimate of drug-likeness (QED) is 0.694. The van der Waals surface area contributed by atoms with E-state index >= 15 is 0 Å². The molecule has 0 amide bonds. The Hall–Kier alpha value is -1.42. The zero-order valence-electron chi connectivity index (χ0n) is 7.34. The highest BCUT2D eigenvalue weighted by Crippen LogP contribution is 2.21. The van der Waals surface area contributed by atoms with Crippen molar-refractivity contribution in [3.63, 3.8) is 0 Å². The van der Waals surface area contributed by atoms with Crippen LogP contribution in [0.5, 0.6) is 0 Å². The SMILES string of the molecule is CC1C=CC(c2nnco2)=CC1N. The highest BCUT2D eigenvalue weighted by atomic mass is 16.4. The van der Waals surface area contributed by atoms with Gasteiger partial charge in [-0.15, -0.1) is 10.2 Å². The molecule has 1 aliphatic rings. The largest absolute Gasteiger partial charge is 0.423 e. The van der Waals surface area contributed by atoms with E-state index in [1.54, 1.807) is 0 Å². The number of allylic oxidation sites excluding steroid dienone is 2. The first kappa shape index (κ1) is 8.19. The highest BCUT2D eigenvalue weighted by Gasteiger charge is 2.15. The fourth-order valence-electron chi connectivity index (χ4n) is 1.24. The molecule has 4 nitrogen and oxygen atoms in total. The van der Waals surface area contributed by atoms with Crippen LogP contribution < -0.4 is 5.73 Å². The lowest BCUT2D eigenvalue weighted by Gasteiger charge is -2.17. The van der Waals surface area contributed by atoms with Gasteiger partial charge in [0.1, 0.15) is 0 Å². The molecule has 0 radical (unpaired) electrons. The first-order valence-electron chi connectivity index (χ1n) is 4.19. The maximum atomic E-state index is 5.86. The lowest BCUT2D eigenvalue weighted by molar-refractivity contribution is 0.536. The van der Waals surface area contributed by atoms with Gasteiger partial charge in [-0.05, 0) is 5.92 Å². The molecule has 1 aromatic rings. The van der Waals surface area contributed by atoms with Gasteiger partial charge in [0, 0.05) is 11.6 Å². The van der Waals surface area contributed by atoms with Gasteiger partial charge in [0.05, 0.1) is 0 Å². The monoisotopic (exact) mass is 177 g/mol. The molecule has 2 N–H and O–H groups in total. The molecule has 0 fully saturated rings. The molecule has 1 aromatic heterocycles. The van der Waals surface area contributed by atoms with Crippen molar-refractivity contribution in [1.29, 1.82) is 0 Å². The van der Waals surface area contributed by atoms with E-state index in [2.05, 4.69) is 17.1 Å². The molecule has 1 aliphatic carbocycles. The fraction of sp³-hybridized carbons (Fsp3) is 0.333. The minimum Gasteiger partial charge on any atom is -0.423 e. The van der Waals surface area contributed by atoms with Crippen molar-refractivity contribution in [2.24, 2.45) is 11.7 Å². The second-order valence-corrected chi connectivity index (χ2v) is 3.16. The van der Waals surface area contributed by atoms with Gasteiger partial charge in [-0.3, -0.25) is 0 Å². The zero-order chi connectivity index (χ0) is 9.26. The van der Waals surface area contributed by atoms with Gasteiger partial charge in [0.2, 0.25) is 12.3 Å². The van der Waals surface area contributed by atoms with E-state index in [9.17, 15) is 0 Å². The normalized spacial score (nSPS) is 27.4. The van der Waals surface area contributed by atoms with E-state index in [4.69, 9.17) is 10.2 Å². The number of nitrogens with two attached hydrogens (primary N) is 1. The minimum absolute atomic E-state index is 0.0342. The standard InChI is InChI=1S/C9H11N3O/c1-6-2-3-7(4-8(6)10)9-12-11-5-13-9/h2-6,8H,10H2,1H3. The molecular formula is C9H11N3O. The third kappa shape index (κ3) is 1.53. The van der Waals surface area contributed by atoms with Gasteiger partial charge < -0.3 is 10.2 Å². The lowest BCUT2D eigenvalue weighted by Crippen LogP contribution is -2.26. The Balaban J connectivity index is 2.28. The highest BCUT2D eigenvalue weighted by molar-refractivity contribution is 5.70. The van der Waals surface area contributed by atoms with Crippen LogP contribution in [0.3, 0.4) is 0 Å². The van der Waals surface area contributed by atoms with Crippen LogP contribution in [0.15, 0.2) is 29.0 Å².